The fourth-order valence-electron chi connectivity index (χ4n) is 8.51. The van der Waals surface area contributed by atoms with Crippen LogP contribution in [0.1, 0.15) is 66.8 Å². The lowest BCUT2D eigenvalue weighted by molar-refractivity contribution is 0.470. The maximum Gasteiger partial charge on any atom is 0.178 e. The summed E-state index contributed by atoms with van der Waals surface area (Å²) in [6.45, 7) is 20.8. The summed E-state index contributed by atoms with van der Waals surface area (Å²) in [6, 6.07) is 13.9. The first kappa shape index (κ1) is 37.5. The van der Waals surface area contributed by atoms with Crippen molar-refractivity contribution in [3.05, 3.63) is 139 Å². The third kappa shape index (κ3) is 5.73. The molecule has 50 heavy (non-hydrogen) atoms. The highest BCUT2D eigenvalue weighted by atomic mass is 31.2. The van der Waals surface area contributed by atoms with Crippen molar-refractivity contribution in [2.45, 2.75) is 83.1 Å². The number of hydrogen-bond donors (Lipinski definition) is 0. The maximum absolute atomic E-state index is 17.3. The van der Waals surface area contributed by atoms with Gasteiger partial charge in [-0.3, -0.25) is 0 Å². The van der Waals surface area contributed by atoms with E-state index in [1.807, 2.05) is 27.7 Å². The molecule has 0 bridgehead atoms. The van der Waals surface area contributed by atoms with Crippen molar-refractivity contribution in [2.75, 3.05) is 0 Å². The first-order valence-corrected chi connectivity index (χ1v) is 20.0. The van der Waals surface area contributed by atoms with Gasteiger partial charge in [-0.2, -0.15) is 0 Å². The fourth-order valence-corrected chi connectivity index (χ4v) is 15.8. The Bertz CT molecular complexity index is 1950. The van der Waals surface area contributed by atoms with Crippen molar-refractivity contribution in [3.63, 3.8) is 0 Å². The van der Waals surface area contributed by atoms with Gasteiger partial charge in [0.1, 0.15) is 0 Å². The molecular formula is C42H44F4O2P2. The van der Waals surface area contributed by atoms with Crippen molar-refractivity contribution in [3.8, 4) is 0 Å². The summed E-state index contributed by atoms with van der Waals surface area (Å²) in [6.07, 6.45) is 0. The molecule has 5 aromatic carbocycles. The lowest BCUT2D eigenvalue weighted by Crippen LogP contribution is -2.41. The molecule has 0 aliphatic heterocycles. The van der Waals surface area contributed by atoms with Crippen LogP contribution in [0.3, 0.4) is 0 Å². The Morgan fingerprint density at radius 2 is 0.440 bits per heavy atom. The normalized spacial score (nSPS) is 12.2. The highest BCUT2D eigenvalue weighted by molar-refractivity contribution is 7.86. The number of aryl methyl sites for hydroxylation is 12. The topological polar surface area (TPSA) is 34.1 Å². The Labute approximate surface area is 293 Å². The van der Waals surface area contributed by atoms with Gasteiger partial charge in [0.15, 0.2) is 37.6 Å². The van der Waals surface area contributed by atoms with Crippen LogP contribution < -0.4 is 31.8 Å². The molecule has 0 fully saturated rings. The van der Waals surface area contributed by atoms with E-state index in [-0.39, 0.29) is 21.2 Å². The number of rotatable bonds is 6. The largest absolute Gasteiger partial charge is 0.308 e. The van der Waals surface area contributed by atoms with E-state index in [2.05, 4.69) is 0 Å². The molecule has 0 spiro atoms. The van der Waals surface area contributed by atoms with Crippen LogP contribution >= 0.6 is 14.3 Å². The van der Waals surface area contributed by atoms with Crippen molar-refractivity contribution < 1.29 is 26.7 Å². The molecule has 0 aliphatic rings. The van der Waals surface area contributed by atoms with E-state index in [0.717, 1.165) is 22.3 Å². The standard InChI is InChI=1S/C42H44F4O2P2/c1-21-13-25(5)37(26(6)14-21)49(47,38-27(7)15-22(2)16-28(38)8)41-33(43)35(45)42(36(46)34(41)44)50(48,39-29(9)17-23(3)18-30(39)10)40-31(11)19-24(4)20-32(40)12/h13-20H,1-12H3. The van der Waals surface area contributed by atoms with Gasteiger partial charge in [0.05, 0.1) is 10.6 Å². The van der Waals surface area contributed by atoms with Gasteiger partial charge in [-0.1, -0.05) is 70.8 Å². The molecule has 0 N–H and O–H groups in total. The van der Waals surface area contributed by atoms with Gasteiger partial charge in [0.25, 0.3) is 0 Å². The van der Waals surface area contributed by atoms with Gasteiger partial charge >= 0.3 is 0 Å². The second-order valence-electron chi connectivity index (χ2n) is 14.2. The molecule has 0 amide bonds. The average molecular weight is 719 g/mol. The van der Waals surface area contributed by atoms with Crippen LogP contribution in [0.15, 0.2) is 48.5 Å². The Hall–Kier alpha value is -3.72. The van der Waals surface area contributed by atoms with Crippen LogP contribution in [0.25, 0.3) is 0 Å². The molecule has 0 unspecified atom stereocenters. The smallest absolute Gasteiger partial charge is 0.178 e. The third-order valence-electron chi connectivity index (χ3n) is 9.65. The predicted molar refractivity (Wildman–Crippen MR) is 202 cm³/mol. The van der Waals surface area contributed by atoms with Crippen molar-refractivity contribution in [1.82, 2.24) is 0 Å². The van der Waals surface area contributed by atoms with Gasteiger partial charge in [-0.15, -0.1) is 0 Å². The highest BCUT2D eigenvalue weighted by Gasteiger charge is 2.48. The van der Waals surface area contributed by atoms with Crippen LogP contribution in [-0.4, -0.2) is 0 Å². The second kappa shape index (κ2) is 13.1. The summed E-state index contributed by atoms with van der Waals surface area (Å²) < 4.78 is 101. The molecule has 262 valence electrons. The van der Waals surface area contributed by atoms with Crippen molar-refractivity contribution >= 4 is 46.1 Å². The second-order valence-corrected chi connectivity index (χ2v) is 19.3. The molecule has 0 aliphatic carbocycles. The van der Waals surface area contributed by atoms with Crippen LogP contribution in [0, 0.1) is 106 Å². The lowest BCUT2D eigenvalue weighted by Gasteiger charge is -2.31. The van der Waals surface area contributed by atoms with Crippen LogP contribution in [0.4, 0.5) is 17.6 Å². The van der Waals surface area contributed by atoms with E-state index >= 15 is 26.7 Å². The molecule has 0 aromatic heterocycles. The van der Waals surface area contributed by atoms with E-state index in [1.54, 1.807) is 104 Å². The van der Waals surface area contributed by atoms with Crippen molar-refractivity contribution in [1.29, 1.82) is 0 Å². The van der Waals surface area contributed by atoms with E-state index < -0.39 is 48.2 Å². The minimum absolute atomic E-state index is 0.112. The maximum atomic E-state index is 17.3. The average Bonchev–Trinajstić information content (AvgIpc) is 2.94. The predicted octanol–water partition coefficient (Wildman–Crippen LogP) is 9.22. The first-order valence-electron chi connectivity index (χ1n) is 16.6. The molecule has 0 radical (unpaired) electrons. The zero-order valence-corrected chi connectivity index (χ0v) is 32.6. The molecular weight excluding hydrogens is 674 g/mol. The molecule has 0 saturated heterocycles. The highest BCUT2D eigenvalue weighted by Crippen LogP contribution is 2.52. The molecule has 0 saturated carbocycles. The van der Waals surface area contributed by atoms with Crippen LogP contribution in [0.2, 0.25) is 0 Å². The Morgan fingerprint density at radius 3 is 0.580 bits per heavy atom. The van der Waals surface area contributed by atoms with E-state index in [0.29, 0.717) is 44.5 Å². The summed E-state index contributed by atoms with van der Waals surface area (Å²) in [5.41, 5.74) is 7.07. The van der Waals surface area contributed by atoms with Crippen molar-refractivity contribution in [2.24, 2.45) is 0 Å². The van der Waals surface area contributed by atoms with Gasteiger partial charge in [-0.25, -0.2) is 17.6 Å². The van der Waals surface area contributed by atoms with Gasteiger partial charge in [0.2, 0.25) is 0 Å². The number of hydrogen-bond acceptors (Lipinski definition) is 2. The molecule has 5 aromatic rings. The fraction of sp³-hybridized carbons (Fsp3) is 0.286. The van der Waals surface area contributed by atoms with Gasteiger partial charge in [0, 0.05) is 21.2 Å². The Kier molecular flexibility index (Phi) is 9.84. The van der Waals surface area contributed by atoms with Gasteiger partial charge < -0.3 is 9.13 Å². The van der Waals surface area contributed by atoms with E-state index in [4.69, 9.17) is 0 Å². The quantitative estimate of drug-likeness (QED) is 0.0998. The molecule has 2 nitrogen and oxygen atoms in total. The van der Waals surface area contributed by atoms with Crippen LogP contribution in [-0.2, 0) is 9.13 Å². The summed E-state index contributed by atoms with van der Waals surface area (Å²) in [7, 11) is -9.37. The number of halogens is 4. The first-order chi connectivity index (χ1) is 23.2. The third-order valence-corrected chi connectivity index (χ3v) is 17.0. The zero-order chi connectivity index (χ0) is 37.4. The Balaban J connectivity index is 2.04. The lowest BCUT2D eigenvalue weighted by atomic mass is 10.1. The zero-order valence-electron chi connectivity index (χ0n) is 30.8. The SMILES string of the molecule is Cc1cc(C)c(P(=O)(c2c(C)cc(C)cc2C)c2c(F)c(F)c(P(=O)(c3c(C)cc(C)cc3C)c3c(C)cc(C)cc3C)c(F)c2F)c(C)c1. The molecule has 0 atom stereocenters. The number of benzene rings is 5. The minimum atomic E-state index is -4.68. The summed E-state index contributed by atoms with van der Waals surface area (Å²) in [5.74, 6) is -7.26. The Morgan fingerprint density at radius 1 is 0.300 bits per heavy atom. The minimum Gasteiger partial charge on any atom is -0.308 e. The van der Waals surface area contributed by atoms with E-state index in [9.17, 15) is 0 Å². The monoisotopic (exact) mass is 718 g/mol. The summed E-state index contributed by atoms with van der Waals surface area (Å²) in [5, 5.41) is -1.94. The summed E-state index contributed by atoms with van der Waals surface area (Å²) in [4.78, 5) is 0. The summed E-state index contributed by atoms with van der Waals surface area (Å²) >= 11 is 0. The van der Waals surface area contributed by atoms with E-state index in [1.165, 1.54) is 0 Å². The molecule has 5 rings (SSSR count). The van der Waals surface area contributed by atoms with Gasteiger partial charge in [-0.05, 0) is 128 Å². The van der Waals surface area contributed by atoms with Crippen LogP contribution in [0.5, 0.6) is 0 Å². The molecule has 0 heterocycles. The molecule has 8 heteroatoms.